The van der Waals surface area contributed by atoms with Crippen molar-refractivity contribution in [2.75, 3.05) is 25.0 Å². The molecule has 1 aromatic carbocycles. The van der Waals surface area contributed by atoms with Crippen LogP contribution in [-0.2, 0) is 11.0 Å². The van der Waals surface area contributed by atoms with E-state index in [9.17, 15) is 22.8 Å². The summed E-state index contributed by atoms with van der Waals surface area (Å²) in [5, 5.41) is 5.32. The molecule has 1 fully saturated rings. The molecule has 0 bridgehead atoms. The van der Waals surface area contributed by atoms with Gasteiger partial charge in [0.25, 0.3) is 0 Å². The molecule has 3 amide bonds. The van der Waals surface area contributed by atoms with Gasteiger partial charge in [-0.25, -0.2) is 4.79 Å². The lowest BCUT2D eigenvalue weighted by Gasteiger charge is -2.38. The first-order valence-electron chi connectivity index (χ1n) is 9.35. The van der Waals surface area contributed by atoms with Crippen molar-refractivity contribution in [1.29, 1.82) is 0 Å². The van der Waals surface area contributed by atoms with Gasteiger partial charge in [-0.3, -0.25) is 4.79 Å². The standard InChI is InChI=1S/C20H26F3N3O2/c1-3-9-24-18(27)11-15-8-10-26(13-14(15)4-2)19(28)25-17-7-5-6-16(12-17)20(21,22)23/h3,5-7,12,14-15H,1,4,8-11,13H2,2H3,(H,24,27)(H,25,28)/t14-,15+/m1/s1. The third kappa shape index (κ3) is 6.00. The van der Waals surface area contributed by atoms with Crippen LogP contribution in [0.15, 0.2) is 36.9 Å². The number of hydrogen-bond donors (Lipinski definition) is 2. The van der Waals surface area contributed by atoms with E-state index in [-0.39, 0.29) is 23.4 Å². The van der Waals surface area contributed by atoms with Crippen LogP contribution >= 0.6 is 0 Å². The van der Waals surface area contributed by atoms with Gasteiger partial charge in [0, 0.05) is 31.7 Å². The normalized spacial score (nSPS) is 19.8. The summed E-state index contributed by atoms with van der Waals surface area (Å²) in [5.74, 6) is 0.299. The zero-order valence-corrected chi connectivity index (χ0v) is 15.9. The van der Waals surface area contributed by atoms with Crippen LogP contribution in [0.3, 0.4) is 0 Å². The molecule has 1 aliphatic rings. The fourth-order valence-electron chi connectivity index (χ4n) is 3.47. The summed E-state index contributed by atoms with van der Waals surface area (Å²) in [4.78, 5) is 26.1. The fourth-order valence-corrected chi connectivity index (χ4v) is 3.47. The molecule has 0 saturated carbocycles. The first-order valence-corrected chi connectivity index (χ1v) is 9.35. The van der Waals surface area contributed by atoms with Crippen molar-refractivity contribution >= 4 is 17.6 Å². The van der Waals surface area contributed by atoms with Crippen molar-refractivity contribution in [2.24, 2.45) is 11.8 Å². The van der Waals surface area contributed by atoms with E-state index in [2.05, 4.69) is 17.2 Å². The highest BCUT2D eigenvalue weighted by Gasteiger charge is 2.33. The molecule has 0 radical (unpaired) electrons. The number of anilines is 1. The molecular formula is C20H26F3N3O2. The zero-order valence-electron chi connectivity index (χ0n) is 15.9. The molecule has 0 aliphatic carbocycles. The van der Waals surface area contributed by atoms with E-state index in [1.165, 1.54) is 12.1 Å². The predicted octanol–water partition coefficient (Wildman–Crippen LogP) is 4.28. The summed E-state index contributed by atoms with van der Waals surface area (Å²) in [6, 6.07) is 4.16. The van der Waals surface area contributed by atoms with E-state index in [0.717, 1.165) is 18.6 Å². The fraction of sp³-hybridized carbons (Fsp3) is 0.500. The van der Waals surface area contributed by atoms with Crippen LogP contribution in [0.25, 0.3) is 0 Å². The number of likely N-dealkylation sites (tertiary alicyclic amines) is 1. The third-order valence-electron chi connectivity index (χ3n) is 5.04. The van der Waals surface area contributed by atoms with Gasteiger partial charge in [0.05, 0.1) is 5.56 Å². The largest absolute Gasteiger partial charge is 0.416 e. The zero-order chi connectivity index (χ0) is 20.7. The van der Waals surface area contributed by atoms with E-state index >= 15 is 0 Å². The average molecular weight is 397 g/mol. The number of benzene rings is 1. The number of hydrogen-bond acceptors (Lipinski definition) is 2. The maximum absolute atomic E-state index is 12.8. The Hall–Kier alpha value is -2.51. The molecule has 5 nitrogen and oxygen atoms in total. The number of urea groups is 1. The molecule has 0 unspecified atom stereocenters. The summed E-state index contributed by atoms with van der Waals surface area (Å²) in [6.45, 7) is 6.93. The van der Waals surface area contributed by atoms with Crippen LogP contribution in [-0.4, -0.2) is 36.5 Å². The summed E-state index contributed by atoms with van der Waals surface area (Å²) < 4.78 is 38.5. The maximum Gasteiger partial charge on any atom is 0.416 e. The van der Waals surface area contributed by atoms with E-state index < -0.39 is 17.8 Å². The van der Waals surface area contributed by atoms with Crippen LogP contribution in [0.4, 0.5) is 23.7 Å². The minimum absolute atomic E-state index is 0.0368. The van der Waals surface area contributed by atoms with Gasteiger partial charge in [-0.15, -0.1) is 6.58 Å². The minimum Gasteiger partial charge on any atom is -0.353 e. The maximum atomic E-state index is 12.8. The Labute approximate surface area is 163 Å². The second-order valence-corrected chi connectivity index (χ2v) is 6.97. The lowest BCUT2D eigenvalue weighted by atomic mass is 9.81. The van der Waals surface area contributed by atoms with Crippen molar-refractivity contribution in [3.05, 3.63) is 42.5 Å². The van der Waals surface area contributed by atoms with Gasteiger partial charge in [0.15, 0.2) is 0 Å². The summed E-state index contributed by atoms with van der Waals surface area (Å²) in [6.07, 6.45) is -0.952. The quantitative estimate of drug-likeness (QED) is 0.704. The summed E-state index contributed by atoms with van der Waals surface area (Å²) >= 11 is 0. The van der Waals surface area contributed by atoms with Crippen molar-refractivity contribution in [3.8, 4) is 0 Å². The number of carbonyl (C=O) groups excluding carboxylic acids is 2. The van der Waals surface area contributed by atoms with Crippen LogP contribution in [0.5, 0.6) is 0 Å². The topological polar surface area (TPSA) is 61.4 Å². The second-order valence-electron chi connectivity index (χ2n) is 6.97. The van der Waals surface area contributed by atoms with Gasteiger partial charge in [-0.2, -0.15) is 13.2 Å². The van der Waals surface area contributed by atoms with Gasteiger partial charge < -0.3 is 15.5 Å². The molecule has 0 aromatic heterocycles. The number of amides is 3. The minimum atomic E-state index is -4.46. The SMILES string of the molecule is C=CCNC(=O)C[C@@H]1CCN(C(=O)Nc2cccc(C(F)(F)F)c2)C[C@H]1CC. The molecule has 1 saturated heterocycles. The molecular weight excluding hydrogens is 371 g/mol. The van der Waals surface area contributed by atoms with Crippen LogP contribution in [0.2, 0.25) is 0 Å². The Bertz CT molecular complexity index is 706. The molecule has 0 spiro atoms. The Balaban J connectivity index is 1.95. The molecule has 8 heteroatoms. The average Bonchev–Trinajstić information content (AvgIpc) is 2.66. The number of rotatable bonds is 6. The Morgan fingerprint density at radius 3 is 2.71 bits per heavy atom. The predicted molar refractivity (Wildman–Crippen MR) is 102 cm³/mol. The van der Waals surface area contributed by atoms with E-state index in [1.54, 1.807) is 11.0 Å². The van der Waals surface area contributed by atoms with Gasteiger partial charge >= 0.3 is 12.2 Å². The van der Waals surface area contributed by atoms with Crippen molar-refractivity contribution in [1.82, 2.24) is 10.2 Å². The van der Waals surface area contributed by atoms with Gasteiger partial charge in [-0.1, -0.05) is 25.5 Å². The first-order chi connectivity index (χ1) is 13.2. The highest BCUT2D eigenvalue weighted by atomic mass is 19.4. The summed E-state index contributed by atoms with van der Waals surface area (Å²) in [5.41, 5.74) is -0.695. The van der Waals surface area contributed by atoms with E-state index in [4.69, 9.17) is 0 Å². The highest BCUT2D eigenvalue weighted by molar-refractivity contribution is 5.89. The molecule has 154 valence electrons. The van der Waals surface area contributed by atoms with Gasteiger partial charge in [-0.05, 0) is 36.5 Å². The number of piperidine rings is 1. The molecule has 2 N–H and O–H groups in total. The molecule has 2 rings (SSSR count). The monoisotopic (exact) mass is 397 g/mol. The van der Waals surface area contributed by atoms with Gasteiger partial charge in [0.1, 0.15) is 0 Å². The van der Waals surface area contributed by atoms with Crippen LogP contribution in [0.1, 0.15) is 31.7 Å². The molecule has 1 heterocycles. The van der Waals surface area contributed by atoms with Gasteiger partial charge in [0.2, 0.25) is 5.91 Å². The first kappa shape index (κ1) is 21.8. The molecule has 28 heavy (non-hydrogen) atoms. The number of carbonyl (C=O) groups is 2. The van der Waals surface area contributed by atoms with Crippen molar-refractivity contribution in [2.45, 2.75) is 32.4 Å². The number of nitrogens with one attached hydrogen (secondary N) is 2. The van der Waals surface area contributed by atoms with Crippen LogP contribution < -0.4 is 10.6 Å². The van der Waals surface area contributed by atoms with Crippen molar-refractivity contribution < 1.29 is 22.8 Å². The number of nitrogens with zero attached hydrogens (tertiary/aromatic N) is 1. The lowest BCUT2D eigenvalue weighted by Crippen LogP contribution is -2.46. The Morgan fingerprint density at radius 2 is 2.07 bits per heavy atom. The molecule has 1 aliphatic heterocycles. The summed E-state index contributed by atoms with van der Waals surface area (Å²) in [7, 11) is 0. The lowest BCUT2D eigenvalue weighted by molar-refractivity contribution is -0.137. The number of halogens is 3. The number of alkyl halides is 3. The Kier molecular flexibility index (Phi) is 7.48. The van der Waals surface area contributed by atoms with Crippen LogP contribution in [0, 0.1) is 11.8 Å². The highest BCUT2D eigenvalue weighted by Crippen LogP contribution is 2.32. The van der Waals surface area contributed by atoms with E-state index in [1.807, 2.05) is 6.92 Å². The van der Waals surface area contributed by atoms with E-state index in [0.29, 0.717) is 32.5 Å². The molecule has 1 aromatic rings. The van der Waals surface area contributed by atoms with Crippen molar-refractivity contribution in [3.63, 3.8) is 0 Å². The molecule has 2 atom stereocenters. The smallest absolute Gasteiger partial charge is 0.353 e. The second kappa shape index (κ2) is 9.61. The Morgan fingerprint density at radius 1 is 1.32 bits per heavy atom. The third-order valence-corrected chi connectivity index (χ3v) is 5.04.